The first-order valence-corrected chi connectivity index (χ1v) is 10.3. The minimum absolute atomic E-state index is 0.159. The molecular formula is C22H30N4O. The monoisotopic (exact) mass is 366 g/mol. The van der Waals surface area contributed by atoms with Crippen molar-refractivity contribution in [1.29, 1.82) is 0 Å². The SMILES string of the molecule is CN1CCN(CC(=O)C2C[C@@H]3c4cccc5[nH]cc(c45)C[C@H]3N(C)C2)CC1. The number of hydrogen-bond acceptors (Lipinski definition) is 4. The Labute approximate surface area is 161 Å². The van der Waals surface area contributed by atoms with Crippen LogP contribution in [0.25, 0.3) is 10.9 Å². The number of aromatic amines is 1. The molecule has 0 radical (unpaired) electrons. The lowest BCUT2D eigenvalue weighted by atomic mass is 9.71. The van der Waals surface area contributed by atoms with Gasteiger partial charge in [0.05, 0.1) is 6.54 Å². The lowest BCUT2D eigenvalue weighted by Crippen LogP contribution is -2.52. The number of rotatable bonds is 3. The topological polar surface area (TPSA) is 42.6 Å². The summed E-state index contributed by atoms with van der Waals surface area (Å²) < 4.78 is 0. The number of benzene rings is 1. The Balaban J connectivity index is 1.36. The predicted molar refractivity (Wildman–Crippen MR) is 108 cm³/mol. The van der Waals surface area contributed by atoms with Gasteiger partial charge in [0.15, 0.2) is 5.78 Å². The molecule has 0 spiro atoms. The third kappa shape index (κ3) is 3.02. The first-order chi connectivity index (χ1) is 13.1. The normalized spacial score (nSPS) is 29.8. The van der Waals surface area contributed by atoms with E-state index in [4.69, 9.17) is 0 Å². The van der Waals surface area contributed by atoms with Crippen LogP contribution in [0.2, 0.25) is 0 Å². The molecule has 2 saturated heterocycles. The summed E-state index contributed by atoms with van der Waals surface area (Å²) in [6.45, 7) is 5.71. The molecule has 3 heterocycles. The van der Waals surface area contributed by atoms with E-state index in [1.165, 1.54) is 22.0 Å². The summed E-state index contributed by atoms with van der Waals surface area (Å²) in [5, 5.41) is 1.42. The summed E-state index contributed by atoms with van der Waals surface area (Å²) in [6, 6.07) is 7.14. The number of likely N-dealkylation sites (N-methyl/N-ethyl adjacent to an activating group) is 2. The Bertz CT molecular complexity index is 851. The quantitative estimate of drug-likeness (QED) is 0.902. The van der Waals surface area contributed by atoms with Crippen molar-refractivity contribution >= 4 is 16.7 Å². The fourth-order valence-corrected chi connectivity index (χ4v) is 5.53. The fraction of sp³-hybridized carbons (Fsp3) is 0.591. The number of H-pyrrole nitrogens is 1. The number of hydrogen-bond donors (Lipinski definition) is 1. The maximum absolute atomic E-state index is 13.1. The lowest BCUT2D eigenvalue weighted by Gasteiger charge is -2.45. The molecule has 27 heavy (non-hydrogen) atoms. The molecule has 144 valence electrons. The van der Waals surface area contributed by atoms with Gasteiger partial charge in [-0.2, -0.15) is 0 Å². The van der Waals surface area contributed by atoms with E-state index in [1.54, 1.807) is 0 Å². The molecule has 5 heteroatoms. The van der Waals surface area contributed by atoms with E-state index in [-0.39, 0.29) is 5.92 Å². The van der Waals surface area contributed by atoms with Crippen LogP contribution in [0.15, 0.2) is 24.4 Å². The molecule has 1 aromatic heterocycles. The van der Waals surface area contributed by atoms with Gasteiger partial charge >= 0.3 is 0 Å². The average molecular weight is 367 g/mol. The highest BCUT2D eigenvalue weighted by molar-refractivity contribution is 5.89. The van der Waals surface area contributed by atoms with Crippen molar-refractivity contribution in [2.24, 2.45) is 5.92 Å². The average Bonchev–Trinajstić information content (AvgIpc) is 3.09. The number of piperidine rings is 1. The van der Waals surface area contributed by atoms with E-state index in [0.717, 1.165) is 45.6 Å². The van der Waals surface area contributed by atoms with Crippen molar-refractivity contribution < 1.29 is 4.79 Å². The Hall–Kier alpha value is -1.69. The second kappa shape index (κ2) is 6.73. The van der Waals surface area contributed by atoms with Crippen LogP contribution in [0.3, 0.4) is 0 Å². The van der Waals surface area contributed by atoms with Crippen LogP contribution in [0, 0.1) is 5.92 Å². The zero-order valence-corrected chi connectivity index (χ0v) is 16.4. The molecule has 0 amide bonds. The summed E-state index contributed by atoms with van der Waals surface area (Å²) in [6.07, 6.45) is 4.28. The number of likely N-dealkylation sites (tertiary alicyclic amines) is 1. The van der Waals surface area contributed by atoms with Crippen LogP contribution in [0.1, 0.15) is 23.5 Å². The molecule has 1 unspecified atom stereocenters. The lowest BCUT2D eigenvalue weighted by molar-refractivity contribution is -0.126. The molecule has 1 aliphatic carbocycles. The molecule has 1 N–H and O–H groups in total. The van der Waals surface area contributed by atoms with Crippen LogP contribution in [0.5, 0.6) is 0 Å². The van der Waals surface area contributed by atoms with E-state index in [0.29, 0.717) is 24.3 Å². The first-order valence-electron chi connectivity index (χ1n) is 10.3. The summed E-state index contributed by atoms with van der Waals surface area (Å²) >= 11 is 0. The van der Waals surface area contributed by atoms with Gasteiger partial charge in [-0.05, 0) is 44.1 Å². The third-order valence-corrected chi connectivity index (χ3v) is 7.16. The van der Waals surface area contributed by atoms with Crippen molar-refractivity contribution in [3.05, 3.63) is 35.5 Å². The van der Waals surface area contributed by atoms with Gasteiger partial charge in [-0.3, -0.25) is 9.69 Å². The van der Waals surface area contributed by atoms with Crippen LogP contribution in [-0.2, 0) is 11.2 Å². The summed E-state index contributed by atoms with van der Waals surface area (Å²) in [5.74, 6) is 1.07. The summed E-state index contributed by atoms with van der Waals surface area (Å²) in [5.41, 5.74) is 4.13. The standard InChI is InChI=1S/C22H30N4O/c1-24-6-8-26(9-7-24)14-21(27)16-10-18-17-4-3-5-19-22(17)15(12-23-19)11-20(18)25(2)13-16/h3-5,12,16,18,20,23H,6-11,13-14H2,1-2H3/t16?,18-,20-/m1/s1. The molecule has 3 atom stereocenters. The number of Topliss-reactive ketones (excluding diaryl/α,β-unsaturated/α-hetero) is 1. The Morgan fingerprint density at radius 2 is 2.00 bits per heavy atom. The third-order valence-electron chi connectivity index (χ3n) is 7.16. The minimum Gasteiger partial charge on any atom is -0.361 e. The Kier molecular flexibility index (Phi) is 4.34. The van der Waals surface area contributed by atoms with E-state index >= 15 is 0 Å². The number of fused-ring (bicyclic) bond motifs is 2. The van der Waals surface area contributed by atoms with Crippen molar-refractivity contribution in [1.82, 2.24) is 19.7 Å². The van der Waals surface area contributed by atoms with E-state index in [2.05, 4.69) is 58.2 Å². The highest BCUT2D eigenvalue weighted by Crippen LogP contribution is 2.44. The molecule has 2 fully saturated rings. The number of carbonyl (C=O) groups is 1. The molecule has 1 aromatic carbocycles. The number of piperazine rings is 1. The fourth-order valence-electron chi connectivity index (χ4n) is 5.53. The number of ketones is 1. The van der Waals surface area contributed by atoms with Crippen molar-refractivity contribution in [2.75, 3.05) is 53.4 Å². The van der Waals surface area contributed by atoms with Gasteiger partial charge in [-0.15, -0.1) is 0 Å². The number of aromatic nitrogens is 1. The van der Waals surface area contributed by atoms with Gasteiger partial charge in [0.1, 0.15) is 0 Å². The maximum atomic E-state index is 13.1. The van der Waals surface area contributed by atoms with E-state index in [1.807, 2.05) is 0 Å². The molecule has 0 bridgehead atoms. The van der Waals surface area contributed by atoms with Crippen molar-refractivity contribution in [2.45, 2.75) is 24.8 Å². The maximum Gasteiger partial charge on any atom is 0.151 e. The first kappa shape index (κ1) is 17.4. The molecule has 2 aromatic rings. The molecule has 5 rings (SSSR count). The van der Waals surface area contributed by atoms with Crippen LogP contribution < -0.4 is 0 Å². The highest BCUT2D eigenvalue weighted by atomic mass is 16.1. The van der Waals surface area contributed by atoms with Gasteiger partial charge in [0, 0.05) is 67.7 Å². The summed E-state index contributed by atoms with van der Waals surface area (Å²) in [7, 11) is 4.37. The van der Waals surface area contributed by atoms with E-state index in [9.17, 15) is 4.79 Å². The Morgan fingerprint density at radius 1 is 1.19 bits per heavy atom. The second-order valence-corrected chi connectivity index (χ2v) is 8.88. The van der Waals surface area contributed by atoms with Crippen molar-refractivity contribution in [3.8, 4) is 0 Å². The second-order valence-electron chi connectivity index (χ2n) is 8.88. The zero-order chi connectivity index (χ0) is 18.5. The number of carbonyl (C=O) groups excluding carboxylic acids is 1. The van der Waals surface area contributed by atoms with Crippen LogP contribution in [-0.4, -0.2) is 84.9 Å². The van der Waals surface area contributed by atoms with E-state index < -0.39 is 0 Å². The number of nitrogens with zero attached hydrogens (tertiary/aromatic N) is 3. The molecule has 5 nitrogen and oxygen atoms in total. The van der Waals surface area contributed by atoms with Gasteiger partial charge < -0.3 is 14.8 Å². The smallest absolute Gasteiger partial charge is 0.151 e. The van der Waals surface area contributed by atoms with Gasteiger partial charge in [-0.1, -0.05) is 12.1 Å². The molecule has 2 aliphatic heterocycles. The van der Waals surface area contributed by atoms with Gasteiger partial charge in [-0.25, -0.2) is 0 Å². The van der Waals surface area contributed by atoms with Crippen molar-refractivity contribution in [3.63, 3.8) is 0 Å². The largest absolute Gasteiger partial charge is 0.361 e. The molecular weight excluding hydrogens is 336 g/mol. The number of nitrogens with one attached hydrogen (secondary N) is 1. The zero-order valence-electron chi connectivity index (χ0n) is 16.4. The molecule has 0 saturated carbocycles. The van der Waals surface area contributed by atoms with Gasteiger partial charge in [0.2, 0.25) is 0 Å². The van der Waals surface area contributed by atoms with Crippen LogP contribution >= 0.6 is 0 Å². The van der Waals surface area contributed by atoms with Gasteiger partial charge in [0.25, 0.3) is 0 Å². The Morgan fingerprint density at radius 3 is 2.81 bits per heavy atom. The highest BCUT2D eigenvalue weighted by Gasteiger charge is 2.41. The molecule has 3 aliphatic rings. The predicted octanol–water partition coefficient (Wildman–Crippen LogP) is 1.94. The van der Waals surface area contributed by atoms with Crippen LogP contribution in [0.4, 0.5) is 0 Å². The minimum atomic E-state index is 0.159. The summed E-state index contributed by atoms with van der Waals surface area (Å²) in [4.78, 5) is 23.7.